The number of methoxy groups -OCH3 is 1. The Morgan fingerprint density at radius 2 is 2.17 bits per heavy atom. The van der Waals surface area contributed by atoms with E-state index in [-0.39, 0.29) is 5.91 Å². The Morgan fingerprint density at radius 1 is 1.30 bits per heavy atom. The molecule has 0 spiro atoms. The van der Waals surface area contributed by atoms with Crippen LogP contribution in [0.15, 0.2) is 41.8 Å². The molecule has 2 heterocycles. The highest BCUT2D eigenvalue weighted by Crippen LogP contribution is 2.27. The van der Waals surface area contributed by atoms with Gasteiger partial charge in [0.2, 0.25) is 0 Å². The van der Waals surface area contributed by atoms with Gasteiger partial charge >= 0.3 is 0 Å². The number of ether oxygens (including phenoxy) is 1. The van der Waals surface area contributed by atoms with Gasteiger partial charge in [-0.2, -0.15) is 0 Å². The van der Waals surface area contributed by atoms with Crippen LogP contribution < -0.4 is 10.1 Å². The van der Waals surface area contributed by atoms with Crippen molar-refractivity contribution in [3.8, 4) is 5.75 Å². The van der Waals surface area contributed by atoms with E-state index in [4.69, 9.17) is 4.74 Å². The van der Waals surface area contributed by atoms with Crippen molar-refractivity contribution < 1.29 is 9.53 Å². The number of amides is 1. The molecule has 0 bridgehead atoms. The number of rotatable bonds is 6. The second kappa shape index (κ2) is 6.87. The van der Waals surface area contributed by atoms with Gasteiger partial charge in [-0.3, -0.25) is 4.79 Å². The average molecular weight is 328 g/mol. The molecule has 3 rings (SSSR count). The van der Waals surface area contributed by atoms with Gasteiger partial charge in [-0.05, 0) is 41.6 Å². The van der Waals surface area contributed by atoms with Gasteiger partial charge in [-0.1, -0.05) is 19.1 Å². The van der Waals surface area contributed by atoms with Crippen LogP contribution in [-0.4, -0.2) is 24.1 Å². The molecule has 0 aliphatic carbocycles. The number of carbonyl (C=O) groups is 1. The van der Waals surface area contributed by atoms with Crippen molar-refractivity contribution in [3.63, 3.8) is 0 Å². The van der Waals surface area contributed by atoms with E-state index in [2.05, 4.69) is 27.4 Å². The maximum atomic E-state index is 12.5. The molecular weight excluding hydrogens is 308 g/mol. The van der Waals surface area contributed by atoms with Crippen molar-refractivity contribution >= 4 is 27.5 Å². The molecule has 0 fully saturated rings. The standard InChI is InChI=1S/C18H20N2O2S/c1-3-8-19-18(21)16-11-17-15(7-9-23-17)20(16)12-13-5-4-6-14(10-13)22-2/h4-7,9-11H,3,8,12H2,1-2H3,(H,19,21). The summed E-state index contributed by atoms with van der Waals surface area (Å²) in [6, 6.07) is 12.0. The van der Waals surface area contributed by atoms with Crippen LogP contribution in [0.3, 0.4) is 0 Å². The zero-order valence-electron chi connectivity index (χ0n) is 13.3. The minimum Gasteiger partial charge on any atom is -0.497 e. The lowest BCUT2D eigenvalue weighted by Crippen LogP contribution is -2.26. The fourth-order valence-electron chi connectivity index (χ4n) is 2.62. The molecule has 4 nitrogen and oxygen atoms in total. The average Bonchev–Trinajstić information content (AvgIpc) is 3.15. The maximum absolute atomic E-state index is 12.5. The van der Waals surface area contributed by atoms with E-state index in [9.17, 15) is 4.79 Å². The third-order valence-electron chi connectivity index (χ3n) is 3.77. The maximum Gasteiger partial charge on any atom is 0.267 e. The number of benzene rings is 1. The lowest BCUT2D eigenvalue weighted by Gasteiger charge is -2.11. The van der Waals surface area contributed by atoms with Gasteiger partial charge in [0.1, 0.15) is 11.4 Å². The topological polar surface area (TPSA) is 43.3 Å². The molecule has 23 heavy (non-hydrogen) atoms. The largest absolute Gasteiger partial charge is 0.497 e. The van der Waals surface area contributed by atoms with Crippen molar-refractivity contribution in [1.82, 2.24) is 9.88 Å². The van der Waals surface area contributed by atoms with Crippen molar-refractivity contribution in [2.24, 2.45) is 0 Å². The summed E-state index contributed by atoms with van der Waals surface area (Å²) in [6.07, 6.45) is 0.927. The predicted molar refractivity (Wildman–Crippen MR) is 94.5 cm³/mol. The number of hydrogen-bond acceptors (Lipinski definition) is 3. The molecule has 5 heteroatoms. The Balaban J connectivity index is 1.97. The summed E-state index contributed by atoms with van der Waals surface area (Å²) in [7, 11) is 1.66. The number of thiophene rings is 1. The summed E-state index contributed by atoms with van der Waals surface area (Å²) in [5.41, 5.74) is 2.92. The molecule has 0 aliphatic heterocycles. The van der Waals surface area contributed by atoms with Crippen LogP contribution in [0.2, 0.25) is 0 Å². The van der Waals surface area contributed by atoms with Crippen LogP contribution >= 0.6 is 11.3 Å². The number of nitrogens with one attached hydrogen (secondary N) is 1. The van der Waals surface area contributed by atoms with Crippen molar-refractivity contribution in [3.05, 3.63) is 53.0 Å². The molecule has 0 radical (unpaired) electrons. The summed E-state index contributed by atoms with van der Waals surface area (Å²) >= 11 is 1.66. The van der Waals surface area contributed by atoms with Gasteiger partial charge < -0.3 is 14.6 Å². The van der Waals surface area contributed by atoms with Gasteiger partial charge in [-0.25, -0.2) is 0 Å². The number of hydrogen-bond donors (Lipinski definition) is 1. The highest BCUT2D eigenvalue weighted by molar-refractivity contribution is 7.17. The second-order valence-electron chi connectivity index (χ2n) is 5.39. The van der Waals surface area contributed by atoms with Gasteiger partial charge in [-0.15, -0.1) is 11.3 Å². The first-order chi connectivity index (χ1) is 11.2. The molecule has 1 amide bonds. The lowest BCUT2D eigenvalue weighted by molar-refractivity contribution is 0.0945. The monoisotopic (exact) mass is 328 g/mol. The van der Waals surface area contributed by atoms with E-state index in [0.29, 0.717) is 18.8 Å². The fraction of sp³-hybridized carbons (Fsp3) is 0.278. The van der Waals surface area contributed by atoms with E-state index in [1.165, 1.54) is 0 Å². The first kappa shape index (κ1) is 15.6. The number of carbonyl (C=O) groups excluding carboxylic acids is 1. The molecule has 1 N–H and O–H groups in total. The van der Waals surface area contributed by atoms with Crippen molar-refractivity contribution in [1.29, 1.82) is 0 Å². The van der Waals surface area contributed by atoms with Gasteiger partial charge in [0.25, 0.3) is 5.91 Å². The van der Waals surface area contributed by atoms with Crippen LogP contribution in [0.4, 0.5) is 0 Å². The summed E-state index contributed by atoms with van der Waals surface area (Å²) in [6.45, 7) is 3.39. The molecule has 0 aliphatic rings. The number of nitrogens with zero attached hydrogens (tertiary/aromatic N) is 1. The normalized spacial score (nSPS) is 10.9. The van der Waals surface area contributed by atoms with Crippen LogP contribution in [0.1, 0.15) is 29.4 Å². The SMILES string of the molecule is CCCNC(=O)c1cc2sccc2n1Cc1cccc(OC)c1. The van der Waals surface area contributed by atoms with E-state index in [1.54, 1.807) is 18.4 Å². The van der Waals surface area contributed by atoms with Crippen LogP contribution in [0, 0.1) is 0 Å². The third kappa shape index (κ3) is 3.24. The molecule has 0 unspecified atom stereocenters. The minimum atomic E-state index is -0.0156. The quantitative estimate of drug-likeness (QED) is 0.746. The van der Waals surface area contributed by atoms with Crippen LogP contribution in [0.5, 0.6) is 5.75 Å². The zero-order valence-corrected chi connectivity index (χ0v) is 14.2. The molecule has 0 atom stereocenters. The van der Waals surface area contributed by atoms with Gasteiger partial charge in [0.15, 0.2) is 0 Å². The first-order valence-electron chi connectivity index (χ1n) is 7.70. The summed E-state index contributed by atoms with van der Waals surface area (Å²) < 4.78 is 8.50. The van der Waals surface area contributed by atoms with E-state index in [1.807, 2.05) is 31.2 Å². The molecule has 0 saturated carbocycles. The molecule has 2 aromatic heterocycles. The predicted octanol–water partition coefficient (Wildman–Crippen LogP) is 3.90. The molecule has 1 aromatic carbocycles. The van der Waals surface area contributed by atoms with Crippen LogP contribution in [0.25, 0.3) is 10.2 Å². The molecule has 3 aromatic rings. The Labute approximate surface area is 139 Å². The van der Waals surface area contributed by atoms with Crippen molar-refractivity contribution in [2.45, 2.75) is 19.9 Å². The van der Waals surface area contributed by atoms with Crippen LogP contribution in [-0.2, 0) is 6.54 Å². The highest BCUT2D eigenvalue weighted by atomic mass is 32.1. The van der Waals surface area contributed by atoms with E-state index in [0.717, 1.165) is 28.0 Å². The lowest BCUT2D eigenvalue weighted by atomic mass is 10.2. The molecular formula is C18H20N2O2S. The molecule has 120 valence electrons. The Hall–Kier alpha value is -2.27. The Kier molecular flexibility index (Phi) is 4.67. The van der Waals surface area contributed by atoms with E-state index < -0.39 is 0 Å². The number of fused-ring (bicyclic) bond motifs is 1. The third-order valence-corrected chi connectivity index (χ3v) is 4.62. The Morgan fingerprint density at radius 3 is 2.96 bits per heavy atom. The summed E-state index contributed by atoms with van der Waals surface area (Å²) in [4.78, 5) is 12.5. The smallest absolute Gasteiger partial charge is 0.267 e. The number of aromatic nitrogens is 1. The molecule has 0 saturated heterocycles. The minimum absolute atomic E-state index is 0.0156. The van der Waals surface area contributed by atoms with Gasteiger partial charge in [0.05, 0.1) is 17.3 Å². The summed E-state index contributed by atoms with van der Waals surface area (Å²) in [5.74, 6) is 0.811. The second-order valence-corrected chi connectivity index (χ2v) is 6.34. The van der Waals surface area contributed by atoms with Gasteiger partial charge in [0, 0.05) is 13.1 Å². The summed E-state index contributed by atoms with van der Waals surface area (Å²) in [5, 5.41) is 5.02. The van der Waals surface area contributed by atoms with E-state index >= 15 is 0 Å². The first-order valence-corrected chi connectivity index (χ1v) is 8.58. The zero-order chi connectivity index (χ0) is 16.2. The highest BCUT2D eigenvalue weighted by Gasteiger charge is 2.16. The Bertz CT molecular complexity index is 819. The van der Waals surface area contributed by atoms with Crippen molar-refractivity contribution in [2.75, 3.05) is 13.7 Å². The fourth-order valence-corrected chi connectivity index (χ4v) is 3.44.